The SMILES string of the molecule is CNc1cc(C(C)(C)C)nc2ccc(Br)cc12. The van der Waals surface area contributed by atoms with Crippen molar-refractivity contribution in [1.82, 2.24) is 4.98 Å². The largest absolute Gasteiger partial charge is 0.388 e. The van der Waals surface area contributed by atoms with E-state index < -0.39 is 0 Å². The minimum Gasteiger partial charge on any atom is -0.388 e. The van der Waals surface area contributed by atoms with Crippen molar-refractivity contribution in [3.63, 3.8) is 0 Å². The van der Waals surface area contributed by atoms with Crippen LogP contribution in [0.2, 0.25) is 0 Å². The van der Waals surface area contributed by atoms with Crippen molar-refractivity contribution in [2.75, 3.05) is 12.4 Å². The van der Waals surface area contributed by atoms with Crippen LogP contribution in [0.25, 0.3) is 10.9 Å². The Balaban J connectivity index is 2.75. The molecule has 0 fully saturated rings. The van der Waals surface area contributed by atoms with Crippen LogP contribution in [0.3, 0.4) is 0 Å². The topological polar surface area (TPSA) is 24.9 Å². The molecule has 0 unspecified atom stereocenters. The fourth-order valence-corrected chi connectivity index (χ4v) is 2.15. The molecule has 1 N–H and O–H groups in total. The van der Waals surface area contributed by atoms with Gasteiger partial charge in [-0.05, 0) is 24.3 Å². The van der Waals surface area contributed by atoms with Crippen LogP contribution in [0.4, 0.5) is 5.69 Å². The van der Waals surface area contributed by atoms with Crippen molar-refractivity contribution in [2.45, 2.75) is 26.2 Å². The molecule has 0 spiro atoms. The zero-order valence-electron chi connectivity index (χ0n) is 10.6. The summed E-state index contributed by atoms with van der Waals surface area (Å²) in [6.45, 7) is 6.54. The molecule has 0 saturated heterocycles. The van der Waals surface area contributed by atoms with Gasteiger partial charge in [0, 0.05) is 33.7 Å². The van der Waals surface area contributed by atoms with Gasteiger partial charge >= 0.3 is 0 Å². The predicted molar refractivity (Wildman–Crippen MR) is 77.7 cm³/mol. The number of nitrogens with zero attached hydrogens (tertiary/aromatic N) is 1. The Kier molecular flexibility index (Phi) is 3.13. The molecule has 0 amide bonds. The normalized spacial score (nSPS) is 11.8. The number of fused-ring (bicyclic) bond motifs is 1. The number of hydrogen-bond donors (Lipinski definition) is 1. The number of pyridine rings is 1. The van der Waals surface area contributed by atoms with E-state index in [0.29, 0.717) is 0 Å². The summed E-state index contributed by atoms with van der Waals surface area (Å²) in [5, 5.41) is 4.40. The van der Waals surface area contributed by atoms with Crippen molar-refractivity contribution in [3.8, 4) is 0 Å². The number of halogens is 1. The third-order valence-corrected chi connectivity index (χ3v) is 3.30. The maximum absolute atomic E-state index is 4.74. The van der Waals surface area contributed by atoms with Crippen molar-refractivity contribution < 1.29 is 0 Å². The second kappa shape index (κ2) is 4.30. The van der Waals surface area contributed by atoms with Gasteiger partial charge in [0.25, 0.3) is 0 Å². The van der Waals surface area contributed by atoms with E-state index in [9.17, 15) is 0 Å². The minimum atomic E-state index is 0.0624. The molecular weight excluding hydrogens is 276 g/mol. The highest BCUT2D eigenvalue weighted by Crippen LogP contribution is 2.30. The molecule has 3 heteroatoms. The van der Waals surface area contributed by atoms with Gasteiger partial charge in [-0.1, -0.05) is 36.7 Å². The van der Waals surface area contributed by atoms with Gasteiger partial charge in [-0.25, -0.2) is 0 Å². The number of benzene rings is 1. The summed E-state index contributed by atoms with van der Waals surface area (Å²) in [5.74, 6) is 0. The fraction of sp³-hybridized carbons (Fsp3) is 0.357. The third kappa shape index (κ3) is 2.44. The molecule has 1 heterocycles. The van der Waals surface area contributed by atoms with Gasteiger partial charge in [0.05, 0.1) is 5.52 Å². The van der Waals surface area contributed by atoms with E-state index in [1.54, 1.807) is 0 Å². The molecule has 2 aromatic rings. The highest BCUT2D eigenvalue weighted by Gasteiger charge is 2.17. The first-order chi connectivity index (χ1) is 7.91. The lowest BCUT2D eigenvalue weighted by Crippen LogP contribution is -2.14. The fourth-order valence-electron chi connectivity index (χ4n) is 1.79. The second-order valence-electron chi connectivity index (χ2n) is 5.22. The summed E-state index contributed by atoms with van der Waals surface area (Å²) in [6, 6.07) is 8.31. The van der Waals surface area contributed by atoms with Crippen molar-refractivity contribution in [1.29, 1.82) is 0 Å². The molecule has 0 saturated carbocycles. The van der Waals surface area contributed by atoms with E-state index in [0.717, 1.165) is 26.8 Å². The van der Waals surface area contributed by atoms with E-state index in [1.165, 1.54) is 0 Å². The Bertz CT molecular complexity index is 556. The van der Waals surface area contributed by atoms with E-state index in [1.807, 2.05) is 13.1 Å². The van der Waals surface area contributed by atoms with Gasteiger partial charge in [-0.2, -0.15) is 0 Å². The molecule has 0 aliphatic carbocycles. The molecule has 1 aromatic carbocycles. The standard InChI is InChI=1S/C14H17BrN2/c1-14(2,3)13-8-12(16-4)10-7-9(15)5-6-11(10)17-13/h5-8H,1-4H3,(H,16,17). The number of anilines is 1. The van der Waals surface area contributed by atoms with Crippen LogP contribution in [0.5, 0.6) is 0 Å². The molecule has 0 aliphatic heterocycles. The zero-order valence-corrected chi connectivity index (χ0v) is 12.2. The van der Waals surface area contributed by atoms with E-state index in [2.05, 4.69) is 60.2 Å². The van der Waals surface area contributed by atoms with Gasteiger partial charge in [0.15, 0.2) is 0 Å². The number of rotatable bonds is 1. The van der Waals surface area contributed by atoms with Crippen LogP contribution >= 0.6 is 15.9 Å². The zero-order chi connectivity index (χ0) is 12.6. The van der Waals surface area contributed by atoms with Gasteiger partial charge < -0.3 is 5.32 Å². The minimum absolute atomic E-state index is 0.0624. The highest BCUT2D eigenvalue weighted by atomic mass is 79.9. The molecule has 17 heavy (non-hydrogen) atoms. The predicted octanol–water partition coefficient (Wildman–Crippen LogP) is 4.34. The molecule has 2 rings (SSSR count). The molecule has 2 nitrogen and oxygen atoms in total. The second-order valence-corrected chi connectivity index (χ2v) is 6.13. The molecular formula is C14H17BrN2. The van der Waals surface area contributed by atoms with Crippen LogP contribution in [0.15, 0.2) is 28.7 Å². The molecule has 0 aliphatic rings. The monoisotopic (exact) mass is 292 g/mol. The number of nitrogens with one attached hydrogen (secondary N) is 1. The maximum atomic E-state index is 4.74. The Morgan fingerprint density at radius 3 is 2.47 bits per heavy atom. The summed E-state index contributed by atoms with van der Waals surface area (Å²) >= 11 is 3.50. The lowest BCUT2D eigenvalue weighted by atomic mass is 9.91. The maximum Gasteiger partial charge on any atom is 0.0727 e. The van der Waals surface area contributed by atoms with Gasteiger partial charge in [-0.15, -0.1) is 0 Å². The molecule has 0 bridgehead atoms. The average Bonchev–Trinajstić information content (AvgIpc) is 2.26. The smallest absolute Gasteiger partial charge is 0.0727 e. The Morgan fingerprint density at radius 2 is 1.88 bits per heavy atom. The molecule has 0 radical (unpaired) electrons. The summed E-state index contributed by atoms with van der Waals surface area (Å²) in [6.07, 6.45) is 0. The van der Waals surface area contributed by atoms with Crippen LogP contribution in [-0.2, 0) is 5.41 Å². The highest BCUT2D eigenvalue weighted by molar-refractivity contribution is 9.10. The van der Waals surface area contributed by atoms with Crippen LogP contribution < -0.4 is 5.32 Å². The van der Waals surface area contributed by atoms with Gasteiger partial charge in [0.2, 0.25) is 0 Å². The third-order valence-electron chi connectivity index (χ3n) is 2.81. The van der Waals surface area contributed by atoms with Crippen molar-refractivity contribution in [2.24, 2.45) is 0 Å². The Hall–Kier alpha value is -1.09. The first kappa shape index (κ1) is 12.4. The van der Waals surface area contributed by atoms with Gasteiger partial charge in [-0.3, -0.25) is 4.98 Å². The number of hydrogen-bond acceptors (Lipinski definition) is 2. The first-order valence-corrected chi connectivity index (χ1v) is 6.49. The molecule has 0 atom stereocenters. The lowest BCUT2D eigenvalue weighted by Gasteiger charge is -2.20. The lowest BCUT2D eigenvalue weighted by molar-refractivity contribution is 0.572. The van der Waals surface area contributed by atoms with E-state index in [-0.39, 0.29) is 5.41 Å². The quantitative estimate of drug-likeness (QED) is 0.846. The van der Waals surface area contributed by atoms with Crippen LogP contribution in [0.1, 0.15) is 26.5 Å². The molecule has 1 aromatic heterocycles. The summed E-state index contributed by atoms with van der Waals surface area (Å²) in [7, 11) is 1.95. The summed E-state index contributed by atoms with van der Waals surface area (Å²) in [5.41, 5.74) is 3.33. The van der Waals surface area contributed by atoms with Crippen molar-refractivity contribution >= 4 is 32.5 Å². The first-order valence-electron chi connectivity index (χ1n) is 5.70. The van der Waals surface area contributed by atoms with Crippen LogP contribution in [-0.4, -0.2) is 12.0 Å². The van der Waals surface area contributed by atoms with Crippen molar-refractivity contribution in [3.05, 3.63) is 34.4 Å². The Morgan fingerprint density at radius 1 is 1.18 bits per heavy atom. The summed E-state index contributed by atoms with van der Waals surface area (Å²) < 4.78 is 1.08. The summed E-state index contributed by atoms with van der Waals surface area (Å²) in [4.78, 5) is 4.74. The van der Waals surface area contributed by atoms with E-state index >= 15 is 0 Å². The van der Waals surface area contributed by atoms with Gasteiger partial charge in [0.1, 0.15) is 0 Å². The number of aromatic nitrogens is 1. The molecule has 90 valence electrons. The van der Waals surface area contributed by atoms with E-state index in [4.69, 9.17) is 4.98 Å². The van der Waals surface area contributed by atoms with Crippen LogP contribution in [0, 0.1) is 0 Å². The average molecular weight is 293 g/mol. The Labute approximate surface area is 111 Å².